The molecule has 0 radical (unpaired) electrons. The molecule has 1 aromatic heterocycles. The van der Waals surface area contributed by atoms with Crippen molar-refractivity contribution in [2.45, 2.75) is 25.3 Å². The molecule has 8 nitrogen and oxygen atoms in total. The molecule has 1 aliphatic rings. The Morgan fingerprint density at radius 2 is 2.20 bits per heavy atom. The maximum absolute atomic E-state index is 11.2. The van der Waals surface area contributed by atoms with E-state index < -0.39 is 4.92 Å². The van der Waals surface area contributed by atoms with Gasteiger partial charge >= 0.3 is 5.69 Å². The van der Waals surface area contributed by atoms with E-state index in [1.54, 1.807) is 7.05 Å². The van der Waals surface area contributed by atoms with E-state index in [0.29, 0.717) is 12.6 Å². The summed E-state index contributed by atoms with van der Waals surface area (Å²) in [4.78, 5) is 20.8. The molecule has 0 bridgehead atoms. The van der Waals surface area contributed by atoms with Gasteiger partial charge in [0.05, 0.1) is 4.92 Å². The van der Waals surface area contributed by atoms with Gasteiger partial charge in [-0.15, -0.1) is 0 Å². The topological polar surface area (TPSA) is 96.2 Å². The summed E-state index contributed by atoms with van der Waals surface area (Å²) in [7, 11) is 3.69. The summed E-state index contributed by atoms with van der Waals surface area (Å²) in [5, 5.41) is 17.0. The summed E-state index contributed by atoms with van der Waals surface area (Å²) in [6.45, 7) is 1.72. The Hall–Kier alpha value is -1.96. The van der Waals surface area contributed by atoms with E-state index in [-0.39, 0.29) is 17.3 Å². The summed E-state index contributed by atoms with van der Waals surface area (Å²) in [5.41, 5.74) is -0.103. The number of hydrogen-bond donors (Lipinski definition) is 2. The van der Waals surface area contributed by atoms with Gasteiger partial charge in [0, 0.05) is 19.6 Å². The molecule has 1 unspecified atom stereocenters. The average molecular weight is 280 g/mol. The minimum absolute atomic E-state index is 0.103. The SMILES string of the molecule is CNc1ncnc(NCC2CCCCN2C)c1[N+](=O)[O-]. The van der Waals surface area contributed by atoms with E-state index in [0.717, 1.165) is 13.0 Å². The number of anilines is 2. The van der Waals surface area contributed by atoms with Crippen LogP contribution in [-0.4, -0.2) is 53.0 Å². The molecule has 110 valence electrons. The van der Waals surface area contributed by atoms with E-state index in [1.165, 1.54) is 19.2 Å². The molecule has 0 saturated carbocycles. The van der Waals surface area contributed by atoms with Gasteiger partial charge in [0.2, 0.25) is 11.6 Å². The van der Waals surface area contributed by atoms with Crippen LogP contribution in [-0.2, 0) is 0 Å². The smallest absolute Gasteiger partial charge is 0.353 e. The van der Waals surface area contributed by atoms with Gasteiger partial charge in [0.25, 0.3) is 0 Å². The van der Waals surface area contributed by atoms with Crippen LogP contribution in [0.4, 0.5) is 17.3 Å². The van der Waals surface area contributed by atoms with Crippen LogP contribution < -0.4 is 10.6 Å². The van der Waals surface area contributed by atoms with Crippen molar-refractivity contribution in [3.63, 3.8) is 0 Å². The van der Waals surface area contributed by atoms with Crippen molar-refractivity contribution >= 4 is 17.3 Å². The van der Waals surface area contributed by atoms with Crippen molar-refractivity contribution in [1.29, 1.82) is 0 Å². The summed E-state index contributed by atoms with van der Waals surface area (Å²) >= 11 is 0. The first-order chi connectivity index (χ1) is 9.63. The van der Waals surface area contributed by atoms with Crippen molar-refractivity contribution < 1.29 is 4.92 Å². The molecule has 2 heterocycles. The molecule has 1 aliphatic heterocycles. The number of likely N-dealkylation sites (tertiary alicyclic amines) is 1. The van der Waals surface area contributed by atoms with Crippen LogP contribution in [0.25, 0.3) is 0 Å². The van der Waals surface area contributed by atoms with Gasteiger partial charge < -0.3 is 15.5 Å². The van der Waals surface area contributed by atoms with Crippen molar-refractivity contribution in [3.8, 4) is 0 Å². The van der Waals surface area contributed by atoms with Crippen LogP contribution in [0.5, 0.6) is 0 Å². The first kappa shape index (κ1) is 14.4. The third-order valence-electron chi connectivity index (χ3n) is 3.67. The molecule has 1 saturated heterocycles. The van der Waals surface area contributed by atoms with E-state index in [9.17, 15) is 10.1 Å². The Morgan fingerprint density at radius 3 is 2.85 bits per heavy atom. The Bertz CT molecular complexity index is 481. The first-order valence-electron chi connectivity index (χ1n) is 6.74. The summed E-state index contributed by atoms with van der Waals surface area (Å²) < 4.78 is 0. The van der Waals surface area contributed by atoms with E-state index in [1.807, 2.05) is 0 Å². The van der Waals surface area contributed by atoms with Crippen LogP contribution in [0, 0.1) is 10.1 Å². The summed E-state index contributed by atoms with van der Waals surface area (Å²) in [6.07, 6.45) is 4.84. The van der Waals surface area contributed by atoms with Gasteiger partial charge in [0.1, 0.15) is 6.33 Å². The normalized spacial score (nSPS) is 19.6. The minimum Gasteiger partial charge on any atom is -0.367 e. The standard InChI is InChI=1S/C12H20N6O2/c1-13-11-10(18(19)20)12(16-8-15-11)14-7-9-5-3-4-6-17(9)2/h8-9H,3-7H2,1-2H3,(H2,13,14,15,16). The third kappa shape index (κ3) is 3.13. The zero-order valence-electron chi connectivity index (χ0n) is 11.8. The van der Waals surface area contributed by atoms with Crippen molar-refractivity contribution in [1.82, 2.24) is 14.9 Å². The number of nitrogens with zero attached hydrogens (tertiary/aromatic N) is 4. The highest BCUT2D eigenvalue weighted by Crippen LogP contribution is 2.28. The third-order valence-corrected chi connectivity index (χ3v) is 3.67. The number of likely N-dealkylation sites (N-methyl/N-ethyl adjacent to an activating group) is 1. The molecule has 0 aromatic carbocycles. The first-order valence-corrected chi connectivity index (χ1v) is 6.74. The number of nitrogens with one attached hydrogen (secondary N) is 2. The second-order valence-electron chi connectivity index (χ2n) is 4.94. The second-order valence-corrected chi connectivity index (χ2v) is 4.94. The number of rotatable bonds is 5. The molecule has 20 heavy (non-hydrogen) atoms. The predicted molar refractivity (Wildman–Crippen MR) is 77.0 cm³/mol. The average Bonchev–Trinajstić information content (AvgIpc) is 2.45. The molecular formula is C12H20N6O2. The van der Waals surface area contributed by atoms with Crippen LogP contribution in [0.1, 0.15) is 19.3 Å². The van der Waals surface area contributed by atoms with Crippen molar-refractivity contribution in [2.75, 3.05) is 37.8 Å². The maximum Gasteiger partial charge on any atom is 0.353 e. The molecular weight excluding hydrogens is 260 g/mol. The Morgan fingerprint density at radius 1 is 1.45 bits per heavy atom. The van der Waals surface area contributed by atoms with Crippen molar-refractivity contribution in [3.05, 3.63) is 16.4 Å². The van der Waals surface area contributed by atoms with Crippen molar-refractivity contribution in [2.24, 2.45) is 0 Å². The predicted octanol–water partition coefficient (Wildman–Crippen LogP) is 1.32. The number of nitro groups is 1. The van der Waals surface area contributed by atoms with Gasteiger partial charge in [-0.1, -0.05) is 6.42 Å². The highest BCUT2D eigenvalue weighted by molar-refractivity contribution is 5.68. The zero-order valence-corrected chi connectivity index (χ0v) is 11.8. The van der Waals surface area contributed by atoms with Crippen LogP contribution in [0.2, 0.25) is 0 Å². The summed E-state index contributed by atoms with van der Waals surface area (Å²) in [6, 6.07) is 0.386. The molecule has 1 atom stereocenters. The van der Waals surface area contributed by atoms with Crippen LogP contribution >= 0.6 is 0 Å². The number of piperidine rings is 1. The van der Waals surface area contributed by atoms with E-state index >= 15 is 0 Å². The molecule has 2 N–H and O–H groups in total. The lowest BCUT2D eigenvalue weighted by Crippen LogP contribution is -2.40. The number of hydrogen-bond acceptors (Lipinski definition) is 7. The lowest BCUT2D eigenvalue weighted by molar-refractivity contribution is -0.383. The highest BCUT2D eigenvalue weighted by Gasteiger charge is 2.24. The molecule has 0 spiro atoms. The van der Waals surface area contributed by atoms with E-state index in [4.69, 9.17) is 0 Å². The molecule has 2 rings (SSSR count). The molecule has 8 heteroatoms. The fourth-order valence-corrected chi connectivity index (χ4v) is 2.48. The Kier molecular flexibility index (Phi) is 4.67. The fourth-order valence-electron chi connectivity index (χ4n) is 2.48. The molecule has 0 amide bonds. The second kappa shape index (κ2) is 6.47. The Labute approximate surface area is 117 Å². The lowest BCUT2D eigenvalue weighted by atomic mass is 10.0. The van der Waals surface area contributed by atoms with E-state index in [2.05, 4.69) is 32.5 Å². The minimum atomic E-state index is -0.460. The number of aromatic nitrogens is 2. The zero-order chi connectivity index (χ0) is 14.5. The largest absolute Gasteiger partial charge is 0.367 e. The molecule has 1 aromatic rings. The maximum atomic E-state index is 11.2. The van der Waals surface area contributed by atoms with Gasteiger partial charge in [-0.3, -0.25) is 10.1 Å². The van der Waals surface area contributed by atoms with Crippen LogP contribution in [0.3, 0.4) is 0 Å². The molecule has 0 aliphatic carbocycles. The monoisotopic (exact) mass is 280 g/mol. The summed E-state index contributed by atoms with van der Waals surface area (Å²) in [5.74, 6) is 0.498. The van der Waals surface area contributed by atoms with Gasteiger partial charge in [-0.25, -0.2) is 9.97 Å². The van der Waals surface area contributed by atoms with Gasteiger partial charge in [-0.2, -0.15) is 0 Å². The van der Waals surface area contributed by atoms with Gasteiger partial charge in [-0.05, 0) is 26.4 Å². The van der Waals surface area contributed by atoms with Gasteiger partial charge in [0.15, 0.2) is 0 Å². The molecule has 1 fully saturated rings. The fraction of sp³-hybridized carbons (Fsp3) is 0.667. The lowest BCUT2D eigenvalue weighted by Gasteiger charge is -2.32. The van der Waals surface area contributed by atoms with Crippen LogP contribution in [0.15, 0.2) is 6.33 Å². The highest BCUT2D eigenvalue weighted by atomic mass is 16.6. The Balaban J connectivity index is 2.10. The quantitative estimate of drug-likeness (QED) is 0.620.